The average Bonchev–Trinajstić information content (AvgIpc) is 3.35. The van der Waals surface area contributed by atoms with Gasteiger partial charge in [-0.15, -0.1) is 0 Å². The summed E-state index contributed by atoms with van der Waals surface area (Å²) in [6.45, 7) is 9.26. The number of aromatic nitrogens is 2. The molecule has 1 aromatic carbocycles. The van der Waals surface area contributed by atoms with E-state index in [9.17, 15) is 4.79 Å². The van der Waals surface area contributed by atoms with Gasteiger partial charge >= 0.3 is 0 Å². The number of nitrogens with zero attached hydrogens (tertiary/aromatic N) is 4. The second kappa shape index (κ2) is 9.58. The maximum absolute atomic E-state index is 11.8. The summed E-state index contributed by atoms with van der Waals surface area (Å²) in [4.78, 5) is 19.0. The standard InChI is InChI=1S/C22H32N6O/c1-5-23-22(28-11-10-18(15-28)19-13-25-27(4)14-19)24-12-17-6-8-20(9-7-17)26-21(29)16(2)3/h6-9,13-14,16,18H,5,10-12,15H2,1-4H3,(H,23,24)(H,26,29). The number of amides is 1. The van der Waals surface area contributed by atoms with Crippen molar-refractivity contribution in [3.8, 4) is 0 Å². The fourth-order valence-corrected chi connectivity index (χ4v) is 3.45. The van der Waals surface area contributed by atoms with E-state index in [4.69, 9.17) is 4.99 Å². The Bertz CT molecular complexity index is 839. The van der Waals surface area contributed by atoms with Gasteiger partial charge in [-0.05, 0) is 36.6 Å². The number of likely N-dealkylation sites (tertiary alicyclic amines) is 1. The third-order valence-electron chi connectivity index (χ3n) is 5.18. The van der Waals surface area contributed by atoms with Crippen molar-refractivity contribution in [1.82, 2.24) is 20.0 Å². The molecular weight excluding hydrogens is 364 g/mol. The van der Waals surface area contributed by atoms with Gasteiger partial charge in [-0.3, -0.25) is 9.48 Å². The second-order valence-corrected chi connectivity index (χ2v) is 7.89. The molecular formula is C22H32N6O. The molecule has 0 saturated carbocycles. The number of aryl methyl sites for hydroxylation is 1. The molecule has 7 nitrogen and oxygen atoms in total. The molecule has 1 atom stereocenters. The summed E-state index contributed by atoms with van der Waals surface area (Å²) in [5, 5.41) is 10.6. The van der Waals surface area contributed by atoms with E-state index in [0.29, 0.717) is 12.5 Å². The maximum Gasteiger partial charge on any atom is 0.226 e. The third-order valence-corrected chi connectivity index (χ3v) is 5.18. The maximum atomic E-state index is 11.8. The molecule has 0 bridgehead atoms. The number of hydrogen-bond donors (Lipinski definition) is 2. The summed E-state index contributed by atoms with van der Waals surface area (Å²) in [7, 11) is 1.96. The molecule has 7 heteroatoms. The summed E-state index contributed by atoms with van der Waals surface area (Å²) in [5.41, 5.74) is 3.23. The number of benzene rings is 1. The average molecular weight is 397 g/mol. The van der Waals surface area contributed by atoms with E-state index < -0.39 is 0 Å². The first-order valence-electron chi connectivity index (χ1n) is 10.4. The van der Waals surface area contributed by atoms with Crippen LogP contribution in [0.4, 0.5) is 5.69 Å². The summed E-state index contributed by atoms with van der Waals surface area (Å²) in [6, 6.07) is 7.91. The minimum Gasteiger partial charge on any atom is -0.357 e. The molecule has 1 unspecified atom stereocenters. The Hall–Kier alpha value is -2.83. The summed E-state index contributed by atoms with van der Waals surface area (Å²) >= 11 is 0. The van der Waals surface area contributed by atoms with Gasteiger partial charge < -0.3 is 15.5 Å². The highest BCUT2D eigenvalue weighted by Crippen LogP contribution is 2.26. The molecule has 2 aromatic rings. The molecule has 1 fully saturated rings. The molecule has 2 N–H and O–H groups in total. The fraction of sp³-hybridized carbons (Fsp3) is 0.500. The summed E-state index contributed by atoms with van der Waals surface area (Å²) < 4.78 is 1.87. The van der Waals surface area contributed by atoms with Crippen molar-refractivity contribution in [2.75, 3.05) is 25.0 Å². The molecule has 1 aliphatic heterocycles. The summed E-state index contributed by atoms with van der Waals surface area (Å²) in [5.74, 6) is 1.45. The minimum atomic E-state index is -0.0297. The lowest BCUT2D eigenvalue weighted by Gasteiger charge is -2.21. The van der Waals surface area contributed by atoms with E-state index >= 15 is 0 Å². The molecule has 0 spiro atoms. The highest BCUT2D eigenvalue weighted by molar-refractivity contribution is 5.92. The van der Waals surface area contributed by atoms with E-state index in [1.54, 1.807) is 0 Å². The van der Waals surface area contributed by atoms with Crippen LogP contribution in [-0.2, 0) is 18.4 Å². The minimum absolute atomic E-state index is 0.0297. The lowest BCUT2D eigenvalue weighted by molar-refractivity contribution is -0.118. The molecule has 1 saturated heterocycles. The SMILES string of the molecule is CCNC(=NCc1ccc(NC(=O)C(C)C)cc1)N1CCC(c2cnn(C)c2)C1. The number of anilines is 1. The Morgan fingerprint density at radius 2 is 2.07 bits per heavy atom. The van der Waals surface area contributed by atoms with Gasteiger partial charge in [0.05, 0.1) is 12.7 Å². The van der Waals surface area contributed by atoms with Crippen molar-refractivity contribution < 1.29 is 4.79 Å². The van der Waals surface area contributed by atoms with Crippen molar-refractivity contribution >= 4 is 17.6 Å². The third kappa shape index (κ3) is 5.59. The van der Waals surface area contributed by atoms with Crippen LogP contribution >= 0.6 is 0 Å². The molecule has 0 radical (unpaired) electrons. The van der Waals surface area contributed by atoms with Crippen molar-refractivity contribution in [3.63, 3.8) is 0 Å². The predicted molar refractivity (Wildman–Crippen MR) is 117 cm³/mol. The van der Waals surface area contributed by atoms with Gasteiger partial charge in [-0.1, -0.05) is 26.0 Å². The number of carbonyl (C=O) groups excluding carboxylic acids is 1. The van der Waals surface area contributed by atoms with Crippen molar-refractivity contribution in [1.29, 1.82) is 0 Å². The van der Waals surface area contributed by atoms with Crippen LogP contribution in [0, 0.1) is 5.92 Å². The van der Waals surface area contributed by atoms with E-state index in [2.05, 4.69) is 33.8 Å². The van der Waals surface area contributed by atoms with Crippen LogP contribution in [0.5, 0.6) is 0 Å². The summed E-state index contributed by atoms with van der Waals surface area (Å²) in [6.07, 6.45) is 5.19. The van der Waals surface area contributed by atoms with Crippen LogP contribution in [-0.4, -0.2) is 46.2 Å². The van der Waals surface area contributed by atoms with Crippen LogP contribution in [0.25, 0.3) is 0 Å². The highest BCUT2D eigenvalue weighted by Gasteiger charge is 2.26. The topological polar surface area (TPSA) is 74.6 Å². The number of carbonyl (C=O) groups is 1. The Morgan fingerprint density at radius 1 is 1.31 bits per heavy atom. The van der Waals surface area contributed by atoms with Crippen LogP contribution in [0.3, 0.4) is 0 Å². The Balaban J connectivity index is 1.61. The van der Waals surface area contributed by atoms with Crippen LogP contribution in [0.2, 0.25) is 0 Å². The van der Waals surface area contributed by atoms with Gasteiger partial charge in [0, 0.05) is 50.4 Å². The zero-order valence-corrected chi connectivity index (χ0v) is 17.9. The largest absolute Gasteiger partial charge is 0.357 e. The van der Waals surface area contributed by atoms with Gasteiger partial charge in [-0.2, -0.15) is 5.10 Å². The zero-order valence-electron chi connectivity index (χ0n) is 17.9. The first kappa shape index (κ1) is 20.9. The van der Waals surface area contributed by atoms with Gasteiger partial charge in [0.25, 0.3) is 0 Å². The van der Waals surface area contributed by atoms with Gasteiger partial charge in [0.1, 0.15) is 0 Å². The molecule has 1 amide bonds. The smallest absolute Gasteiger partial charge is 0.226 e. The molecule has 1 aromatic heterocycles. The monoisotopic (exact) mass is 396 g/mol. The molecule has 29 heavy (non-hydrogen) atoms. The molecule has 0 aliphatic carbocycles. The van der Waals surface area contributed by atoms with E-state index in [-0.39, 0.29) is 11.8 Å². The Kier molecular flexibility index (Phi) is 6.90. The number of nitrogens with one attached hydrogen (secondary N) is 2. The lowest BCUT2D eigenvalue weighted by Crippen LogP contribution is -2.40. The second-order valence-electron chi connectivity index (χ2n) is 7.89. The van der Waals surface area contributed by atoms with Gasteiger partial charge in [0.2, 0.25) is 5.91 Å². The number of hydrogen-bond acceptors (Lipinski definition) is 3. The number of rotatable bonds is 6. The highest BCUT2D eigenvalue weighted by atomic mass is 16.1. The first-order chi connectivity index (χ1) is 14.0. The first-order valence-corrected chi connectivity index (χ1v) is 10.4. The quantitative estimate of drug-likeness (QED) is 0.582. The van der Waals surface area contributed by atoms with E-state index in [1.807, 2.05) is 56.0 Å². The van der Waals surface area contributed by atoms with Gasteiger partial charge in [-0.25, -0.2) is 4.99 Å². The molecule has 1 aliphatic rings. The van der Waals surface area contributed by atoms with Crippen molar-refractivity contribution in [2.24, 2.45) is 18.0 Å². The lowest BCUT2D eigenvalue weighted by atomic mass is 10.0. The zero-order chi connectivity index (χ0) is 20.8. The van der Waals surface area contributed by atoms with Gasteiger partial charge in [0.15, 0.2) is 5.96 Å². The molecule has 2 heterocycles. The normalized spacial score (nSPS) is 17.1. The van der Waals surface area contributed by atoms with Crippen LogP contribution in [0.1, 0.15) is 44.2 Å². The van der Waals surface area contributed by atoms with Crippen molar-refractivity contribution in [3.05, 3.63) is 47.8 Å². The van der Waals surface area contributed by atoms with E-state index in [0.717, 1.165) is 43.3 Å². The van der Waals surface area contributed by atoms with Crippen molar-refractivity contribution in [2.45, 2.75) is 39.7 Å². The van der Waals surface area contributed by atoms with Crippen LogP contribution in [0.15, 0.2) is 41.7 Å². The number of aliphatic imine (C=N–C) groups is 1. The molecule has 3 rings (SSSR count). The van der Waals surface area contributed by atoms with Crippen LogP contribution < -0.4 is 10.6 Å². The fourth-order valence-electron chi connectivity index (χ4n) is 3.45. The Labute approximate surface area is 173 Å². The number of guanidine groups is 1. The Morgan fingerprint density at radius 3 is 2.69 bits per heavy atom. The van der Waals surface area contributed by atoms with E-state index in [1.165, 1.54) is 5.56 Å². The predicted octanol–water partition coefficient (Wildman–Crippen LogP) is 2.97. The molecule has 156 valence electrons.